The van der Waals surface area contributed by atoms with Crippen LogP contribution in [-0.4, -0.2) is 39.4 Å². The maximum absolute atomic E-state index is 13.4. The van der Waals surface area contributed by atoms with Crippen molar-refractivity contribution >= 4 is 17.5 Å². The first-order valence-corrected chi connectivity index (χ1v) is 10.1. The van der Waals surface area contributed by atoms with Crippen LogP contribution in [0.4, 0.5) is 10.1 Å². The van der Waals surface area contributed by atoms with Crippen molar-refractivity contribution < 1.29 is 14.0 Å². The number of rotatable bonds is 3. The van der Waals surface area contributed by atoms with Gasteiger partial charge in [0.2, 0.25) is 0 Å². The highest BCUT2D eigenvalue weighted by Crippen LogP contribution is 2.24. The van der Waals surface area contributed by atoms with E-state index in [-0.39, 0.29) is 11.7 Å². The normalized spacial score (nSPS) is 17.0. The van der Waals surface area contributed by atoms with Crippen molar-refractivity contribution in [2.45, 2.75) is 51.5 Å². The monoisotopic (exact) mass is 384 g/mol. The molecule has 148 valence electrons. The predicted octanol–water partition coefficient (Wildman–Crippen LogP) is 3.63. The number of likely N-dealkylation sites (tertiary alicyclic amines) is 1. The second-order valence-electron chi connectivity index (χ2n) is 7.51. The molecule has 0 radical (unpaired) electrons. The number of hydrogen-bond acceptors (Lipinski definition) is 3. The molecule has 0 saturated carbocycles. The van der Waals surface area contributed by atoms with Crippen molar-refractivity contribution in [2.24, 2.45) is 0 Å². The fourth-order valence-electron chi connectivity index (χ4n) is 4.06. The maximum atomic E-state index is 13.4. The van der Waals surface area contributed by atoms with Crippen LogP contribution >= 0.6 is 0 Å². The molecule has 1 aromatic heterocycles. The quantitative estimate of drug-likeness (QED) is 0.879. The Morgan fingerprint density at radius 2 is 1.75 bits per heavy atom. The third kappa shape index (κ3) is 3.79. The molecule has 28 heavy (non-hydrogen) atoms. The molecule has 4 rings (SSSR count). The van der Waals surface area contributed by atoms with Gasteiger partial charge in [-0.2, -0.15) is 0 Å². The van der Waals surface area contributed by atoms with E-state index in [1.807, 2.05) is 9.47 Å². The summed E-state index contributed by atoms with van der Waals surface area (Å²) in [7, 11) is 0. The van der Waals surface area contributed by atoms with E-state index < -0.39 is 11.7 Å². The Bertz CT molecular complexity index is 885. The van der Waals surface area contributed by atoms with Crippen LogP contribution in [0.15, 0.2) is 24.3 Å². The van der Waals surface area contributed by atoms with E-state index >= 15 is 0 Å². The molecule has 2 amide bonds. The third-order valence-electron chi connectivity index (χ3n) is 5.50. The van der Waals surface area contributed by atoms with E-state index in [4.69, 9.17) is 0 Å². The number of carbonyl (C=O) groups is 2. The van der Waals surface area contributed by atoms with E-state index in [9.17, 15) is 14.0 Å². The highest BCUT2D eigenvalue weighted by Gasteiger charge is 2.30. The summed E-state index contributed by atoms with van der Waals surface area (Å²) in [6, 6.07) is 5.76. The Labute approximate surface area is 163 Å². The van der Waals surface area contributed by atoms with Gasteiger partial charge in [-0.1, -0.05) is 18.9 Å². The van der Waals surface area contributed by atoms with Gasteiger partial charge >= 0.3 is 0 Å². The van der Waals surface area contributed by atoms with E-state index in [2.05, 4.69) is 10.3 Å². The molecule has 1 saturated heterocycles. The topological polar surface area (TPSA) is 67.2 Å². The first-order valence-electron chi connectivity index (χ1n) is 10.1. The highest BCUT2D eigenvalue weighted by molar-refractivity contribution is 6.03. The summed E-state index contributed by atoms with van der Waals surface area (Å²) in [4.78, 5) is 32.3. The van der Waals surface area contributed by atoms with Crippen molar-refractivity contribution in [3.05, 3.63) is 47.3 Å². The van der Waals surface area contributed by atoms with Gasteiger partial charge in [0.1, 0.15) is 11.5 Å². The molecule has 1 fully saturated rings. The summed E-state index contributed by atoms with van der Waals surface area (Å²) in [5.41, 5.74) is 1.63. The van der Waals surface area contributed by atoms with E-state index in [1.165, 1.54) is 12.1 Å². The van der Waals surface area contributed by atoms with Gasteiger partial charge < -0.3 is 14.8 Å². The lowest BCUT2D eigenvalue weighted by atomic mass is 10.1. The summed E-state index contributed by atoms with van der Waals surface area (Å²) in [5.74, 6) is -0.668. The number of aromatic nitrogens is 2. The molecule has 0 bridgehead atoms. The summed E-state index contributed by atoms with van der Waals surface area (Å²) < 4.78 is 15.3. The molecule has 2 aromatic rings. The van der Waals surface area contributed by atoms with Crippen LogP contribution in [0.3, 0.4) is 0 Å². The first-order chi connectivity index (χ1) is 13.6. The van der Waals surface area contributed by atoms with Gasteiger partial charge in [0, 0.05) is 25.3 Å². The maximum Gasteiger partial charge on any atom is 0.291 e. The lowest BCUT2D eigenvalue weighted by Gasteiger charge is -2.21. The van der Waals surface area contributed by atoms with Gasteiger partial charge in [-0.05, 0) is 50.3 Å². The average Bonchev–Trinajstić information content (AvgIpc) is 2.87. The summed E-state index contributed by atoms with van der Waals surface area (Å²) in [6.45, 7) is 2.16. The number of halogens is 1. The average molecular weight is 384 g/mol. The number of imidazole rings is 1. The number of carbonyl (C=O) groups excluding carboxylic acids is 2. The van der Waals surface area contributed by atoms with E-state index in [1.54, 1.807) is 12.1 Å². The summed E-state index contributed by atoms with van der Waals surface area (Å²) in [6.07, 6.45) is 6.98. The number of fused-ring (bicyclic) bond motifs is 1. The predicted molar refractivity (Wildman–Crippen MR) is 104 cm³/mol. The molecule has 0 unspecified atom stereocenters. The minimum atomic E-state index is -0.417. The zero-order valence-electron chi connectivity index (χ0n) is 15.9. The largest absolute Gasteiger partial charge is 0.337 e. The lowest BCUT2D eigenvalue weighted by Crippen LogP contribution is -2.33. The first kappa shape index (κ1) is 18.7. The number of nitrogens with one attached hydrogen (secondary N) is 1. The Kier molecular flexibility index (Phi) is 5.41. The van der Waals surface area contributed by atoms with Crippen LogP contribution < -0.4 is 5.32 Å². The summed E-state index contributed by atoms with van der Waals surface area (Å²) in [5, 5.41) is 2.70. The van der Waals surface area contributed by atoms with Crippen molar-refractivity contribution in [1.29, 1.82) is 0 Å². The van der Waals surface area contributed by atoms with Crippen LogP contribution in [0.25, 0.3) is 0 Å². The van der Waals surface area contributed by atoms with Crippen molar-refractivity contribution in [2.75, 3.05) is 18.4 Å². The minimum Gasteiger partial charge on any atom is -0.337 e. The summed E-state index contributed by atoms with van der Waals surface area (Å²) >= 11 is 0. The van der Waals surface area contributed by atoms with Gasteiger partial charge in [-0.3, -0.25) is 9.59 Å². The zero-order chi connectivity index (χ0) is 19.5. The Morgan fingerprint density at radius 1 is 1.00 bits per heavy atom. The fourth-order valence-corrected chi connectivity index (χ4v) is 4.06. The van der Waals surface area contributed by atoms with Crippen LogP contribution in [0, 0.1) is 5.82 Å². The number of amides is 2. The molecular weight excluding hydrogens is 359 g/mol. The Morgan fingerprint density at radius 3 is 2.50 bits per heavy atom. The SMILES string of the molecule is O=C(Nc1cccc(F)c1)c1nc(C(=O)N2CCCCCC2)c2n1CCCC2. The molecule has 2 aliphatic heterocycles. The van der Waals surface area contributed by atoms with E-state index in [0.717, 1.165) is 63.7 Å². The number of anilines is 1. The second-order valence-corrected chi connectivity index (χ2v) is 7.51. The zero-order valence-corrected chi connectivity index (χ0v) is 15.9. The molecule has 1 aromatic carbocycles. The molecule has 2 aliphatic rings. The second kappa shape index (κ2) is 8.12. The van der Waals surface area contributed by atoms with Crippen LogP contribution in [0.1, 0.15) is 65.3 Å². The molecule has 3 heterocycles. The van der Waals surface area contributed by atoms with Gasteiger partial charge in [-0.15, -0.1) is 0 Å². The number of benzene rings is 1. The van der Waals surface area contributed by atoms with Gasteiger partial charge in [-0.25, -0.2) is 9.37 Å². The molecular formula is C21H25FN4O2. The third-order valence-corrected chi connectivity index (χ3v) is 5.50. The molecule has 1 N–H and O–H groups in total. The molecule has 0 aliphatic carbocycles. The molecule has 0 atom stereocenters. The van der Waals surface area contributed by atoms with Gasteiger partial charge in [0.15, 0.2) is 5.82 Å². The Balaban J connectivity index is 1.63. The molecule has 0 spiro atoms. The highest BCUT2D eigenvalue weighted by atomic mass is 19.1. The van der Waals surface area contributed by atoms with Gasteiger partial charge in [0.05, 0.1) is 5.69 Å². The number of nitrogens with zero attached hydrogens (tertiary/aromatic N) is 3. The minimum absolute atomic E-state index is 0.0719. The van der Waals surface area contributed by atoms with Crippen LogP contribution in [0.2, 0.25) is 0 Å². The van der Waals surface area contributed by atoms with Gasteiger partial charge in [0.25, 0.3) is 11.8 Å². The smallest absolute Gasteiger partial charge is 0.291 e. The van der Waals surface area contributed by atoms with Crippen molar-refractivity contribution in [3.63, 3.8) is 0 Å². The fraction of sp³-hybridized carbons (Fsp3) is 0.476. The number of hydrogen-bond donors (Lipinski definition) is 1. The Hall–Kier alpha value is -2.70. The molecule has 6 nitrogen and oxygen atoms in total. The standard InChI is InChI=1S/C21H25FN4O2/c22-15-8-7-9-16(14-15)23-20(27)19-24-18(17-10-3-6-13-26(17)19)21(28)25-11-4-1-2-5-12-25/h7-9,14H,1-6,10-13H2,(H,23,27). The van der Waals surface area contributed by atoms with Crippen molar-refractivity contribution in [3.8, 4) is 0 Å². The van der Waals surface area contributed by atoms with E-state index in [0.29, 0.717) is 17.9 Å². The molecule has 7 heteroatoms. The van der Waals surface area contributed by atoms with Crippen LogP contribution in [-0.2, 0) is 13.0 Å². The van der Waals surface area contributed by atoms with Crippen molar-refractivity contribution in [1.82, 2.24) is 14.5 Å². The van der Waals surface area contributed by atoms with Crippen LogP contribution in [0.5, 0.6) is 0 Å². The lowest BCUT2D eigenvalue weighted by molar-refractivity contribution is 0.0754.